The molecule has 2 rings (SSSR count). The third kappa shape index (κ3) is 5.02. The second kappa shape index (κ2) is 9.19. The molecule has 0 spiro atoms. The van der Waals surface area contributed by atoms with Gasteiger partial charge in [-0.05, 0) is 5.56 Å². The van der Waals surface area contributed by atoms with Gasteiger partial charge in [-0.25, -0.2) is 0 Å². The number of hydrogen-bond acceptors (Lipinski definition) is 5. The minimum Gasteiger partial charge on any atom is -0.491 e. The number of benzene rings is 1. The zero-order chi connectivity index (χ0) is 15.5. The molecular formula is C15H17NO5. The molecule has 6 nitrogen and oxygen atoms in total. The SMILES string of the molecule is COc1cncc(OCc2ccccc2)c1OC.O=CO. The molecule has 2 aromatic rings. The Bertz CT molecular complexity index is 545. The van der Waals surface area contributed by atoms with Crippen molar-refractivity contribution in [2.45, 2.75) is 6.61 Å². The van der Waals surface area contributed by atoms with Gasteiger partial charge in [-0.1, -0.05) is 30.3 Å². The summed E-state index contributed by atoms with van der Waals surface area (Å²) in [5.74, 6) is 1.69. The molecule has 1 aromatic carbocycles. The van der Waals surface area contributed by atoms with Crippen molar-refractivity contribution in [2.24, 2.45) is 0 Å². The molecule has 112 valence electrons. The van der Waals surface area contributed by atoms with Crippen molar-refractivity contribution in [3.63, 3.8) is 0 Å². The standard InChI is InChI=1S/C14H15NO3.CH2O2/c1-16-12-8-15-9-13(14(12)17-2)18-10-11-6-4-3-5-7-11;2-1-3/h3-9H,10H2,1-2H3;1H,(H,2,3). The predicted octanol–water partition coefficient (Wildman–Crippen LogP) is 2.38. The van der Waals surface area contributed by atoms with Gasteiger partial charge in [0.05, 0.1) is 26.6 Å². The molecule has 1 N–H and O–H groups in total. The fourth-order valence-electron chi connectivity index (χ4n) is 1.60. The van der Waals surface area contributed by atoms with Gasteiger partial charge in [0.2, 0.25) is 5.75 Å². The average molecular weight is 291 g/mol. The number of carbonyl (C=O) groups is 1. The van der Waals surface area contributed by atoms with E-state index in [0.717, 1.165) is 5.56 Å². The van der Waals surface area contributed by atoms with Gasteiger partial charge in [-0.15, -0.1) is 0 Å². The van der Waals surface area contributed by atoms with Crippen molar-refractivity contribution >= 4 is 6.47 Å². The third-order valence-corrected chi connectivity index (χ3v) is 2.49. The van der Waals surface area contributed by atoms with E-state index in [1.807, 2.05) is 30.3 Å². The van der Waals surface area contributed by atoms with E-state index < -0.39 is 0 Å². The highest BCUT2D eigenvalue weighted by molar-refractivity contribution is 5.48. The number of carboxylic acid groups (broad SMARTS) is 1. The van der Waals surface area contributed by atoms with Gasteiger partial charge in [0, 0.05) is 0 Å². The quantitative estimate of drug-likeness (QED) is 0.852. The largest absolute Gasteiger partial charge is 0.491 e. The van der Waals surface area contributed by atoms with Crippen molar-refractivity contribution in [1.82, 2.24) is 4.98 Å². The van der Waals surface area contributed by atoms with E-state index in [4.69, 9.17) is 24.1 Å². The molecular weight excluding hydrogens is 274 g/mol. The highest BCUT2D eigenvalue weighted by atomic mass is 16.5. The van der Waals surface area contributed by atoms with Crippen molar-refractivity contribution in [1.29, 1.82) is 0 Å². The lowest BCUT2D eigenvalue weighted by molar-refractivity contribution is -0.122. The first-order valence-corrected chi connectivity index (χ1v) is 6.07. The summed E-state index contributed by atoms with van der Waals surface area (Å²) in [6, 6.07) is 9.91. The van der Waals surface area contributed by atoms with Crippen LogP contribution in [-0.4, -0.2) is 30.8 Å². The first kappa shape index (κ1) is 16.3. The van der Waals surface area contributed by atoms with E-state index in [2.05, 4.69) is 4.98 Å². The van der Waals surface area contributed by atoms with E-state index in [0.29, 0.717) is 23.9 Å². The van der Waals surface area contributed by atoms with Crippen molar-refractivity contribution in [3.8, 4) is 17.2 Å². The highest BCUT2D eigenvalue weighted by Crippen LogP contribution is 2.35. The summed E-state index contributed by atoms with van der Waals surface area (Å²) in [6.45, 7) is 0.214. The molecule has 0 radical (unpaired) electrons. The van der Waals surface area contributed by atoms with Gasteiger partial charge < -0.3 is 19.3 Å². The molecule has 0 atom stereocenters. The van der Waals surface area contributed by atoms with Crippen LogP contribution in [0.4, 0.5) is 0 Å². The molecule has 0 aliphatic rings. The molecule has 0 saturated heterocycles. The van der Waals surface area contributed by atoms with Crippen molar-refractivity contribution in [3.05, 3.63) is 48.3 Å². The Morgan fingerprint density at radius 3 is 2.29 bits per heavy atom. The lowest BCUT2D eigenvalue weighted by atomic mass is 10.2. The second-order valence-corrected chi connectivity index (χ2v) is 3.75. The summed E-state index contributed by atoms with van der Waals surface area (Å²) < 4.78 is 16.1. The Hall–Kier alpha value is -2.76. The molecule has 0 fully saturated rings. The molecule has 1 aromatic heterocycles. The molecule has 0 saturated carbocycles. The van der Waals surface area contributed by atoms with Crippen LogP contribution in [0.3, 0.4) is 0 Å². The minimum absolute atomic E-state index is 0.250. The van der Waals surface area contributed by atoms with Crippen LogP contribution in [0.15, 0.2) is 42.7 Å². The van der Waals surface area contributed by atoms with E-state index in [-0.39, 0.29) is 6.47 Å². The number of aromatic nitrogens is 1. The van der Waals surface area contributed by atoms with Crippen molar-refractivity contribution in [2.75, 3.05) is 14.2 Å². The average Bonchev–Trinajstić information content (AvgIpc) is 2.54. The fraction of sp³-hybridized carbons (Fsp3) is 0.200. The number of nitrogens with zero attached hydrogens (tertiary/aromatic N) is 1. The van der Waals surface area contributed by atoms with Crippen molar-refractivity contribution < 1.29 is 24.1 Å². The third-order valence-electron chi connectivity index (χ3n) is 2.49. The van der Waals surface area contributed by atoms with Gasteiger partial charge in [-0.2, -0.15) is 0 Å². The van der Waals surface area contributed by atoms with E-state index in [1.54, 1.807) is 26.6 Å². The van der Waals surface area contributed by atoms with Crippen LogP contribution < -0.4 is 14.2 Å². The zero-order valence-electron chi connectivity index (χ0n) is 11.9. The van der Waals surface area contributed by atoms with Crippen LogP contribution in [0.25, 0.3) is 0 Å². The molecule has 21 heavy (non-hydrogen) atoms. The molecule has 0 aliphatic carbocycles. The Morgan fingerprint density at radius 1 is 1.10 bits per heavy atom. The summed E-state index contributed by atoms with van der Waals surface area (Å²) in [5, 5.41) is 6.89. The lowest BCUT2D eigenvalue weighted by Gasteiger charge is -2.12. The lowest BCUT2D eigenvalue weighted by Crippen LogP contribution is -1.99. The first-order valence-electron chi connectivity index (χ1n) is 6.07. The number of rotatable bonds is 5. The van der Waals surface area contributed by atoms with Crippen LogP contribution in [0.1, 0.15) is 5.56 Å². The van der Waals surface area contributed by atoms with Crippen LogP contribution >= 0.6 is 0 Å². The van der Waals surface area contributed by atoms with E-state index >= 15 is 0 Å². The predicted molar refractivity (Wildman–Crippen MR) is 76.8 cm³/mol. The molecule has 0 aliphatic heterocycles. The number of ether oxygens (including phenoxy) is 3. The van der Waals surface area contributed by atoms with Gasteiger partial charge in [0.25, 0.3) is 6.47 Å². The summed E-state index contributed by atoms with van der Waals surface area (Å²) in [7, 11) is 3.15. The summed E-state index contributed by atoms with van der Waals surface area (Å²) in [6.07, 6.45) is 3.21. The minimum atomic E-state index is -0.250. The van der Waals surface area contributed by atoms with Crippen LogP contribution in [0.5, 0.6) is 17.2 Å². The zero-order valence-corrected chi connectivity index (χ0v) is 11.9. The van der Waals surface area contributed by atoms with E-state index in [1.165, 1.54) is 0 Å². The van der Waals surface area contributed by atoms with Gasteiger partial charge in [-0.3, -0.25) is 9.78 Å². The maximum atomic E-state index is 8.36. The molecule has 0 unspecified atom stereocenters. The van der Waals surface area contributed by atoms with Crippen LogP contribution in [0, 0.1) is 0 Å². The Morgan fingerprint density at radius 2 is 1.71 bits per heavy atom. The monoisotopic (exact) mass is 291 g/mol. The highest BCUT2D eigenvalue weighted by Gasteiger charge is 2.11. The molecule has 6 heteroatoms. The Balaban J connectivity index is 0.000000677. The number of pyridine rings is 1. The normalized spacial score (nSPS) is 9.05. The van der Waals surface area contributed by atoms with E-state index in [9.17, 15) is 0 Å². The summed E-state index contributed by atoms with van der Waals surface area (Å²) in [5.41, 5.74) is 1.09. The summed E-state index contributed by atoms with van der Waals surface area (Å²) >= 11 is 0. The smallest absolute Gasteiger partial charge is 0.290 e. The Labute approximate surface area is 122 Å². The first-order chi connectivity index (χ1) is 10.3. The number of methoxy groups -OCH3 is 2. The molecule has 1 heterocycles. The van der Waals surface area contributed by atoms with Crippen LogP contribution in [-0.2, 0) is 11.4 Å². The molecule has 0 amide bonds. The molecule has 0 bridgehead atoms. The number of hydrogen-bond donors (Lipinski definition) is 1. The van der Waals surface area contributed by atoms with Gasteiger partial charge >= 0.3 is 0 Å². The maximum Gasteiger partial charge on any atom is 0.290 e. The van der Waals surface area contributed by atoms with Gasteiger partial charge in [0.15, 0.2) is 11.5 Å². The second-order valence-electron chi connectivity index (χ2n) is 3.75. The Kier molecular flexibility index (Phi) is 7.13. The van der Waals surface area contributed by atoms with Crippen LogP contribution in [0.2, 0.25) is 0 Å². The van der Waals surface area contributed by atoms with Gasteiger partial charge in [0.1, 0.15) is 6.61 Å². The topological polar surface area (TPSA) is 77.9 Å². The maximum absolute atomic E-state index is 8.36. The fourth-order valence-corrected chi connectivity index (χ4v) is 1.60. The summed E-state index contributed by atoms with van der Waals surface area (Å²) in [4.78, 5) is 12.4.